The topological polar surface area (TPSA) is 27.6 Å². The Morgan fingerprint density at radius 1 is 1.44 bits per heavy atom. The Labute approximate surface area is 107 Å². The quantitative estimate of drug-likeness (QED) is 0.885. The highest BCUT2D eigenvalue weighted by Gasteiger charge is 2.24. The minimum atomic E-state index is -0.131. The highest BCUT2D eigenvalue weighted by molar-refractivity contribution is 5.81. The van der Waals surface area contributed by atoms with E-state index in [1.807, 2.05) is 19.2 Å². The summed E-state index contributed by atoms with van der Waals surface area (Å²) in [7, 11) is 2.00. The Bertz CT molecular complexity index is 480. The third-order valence-corrected chi connectivity index (χ3v) is 3.61. The number of likely N-dealkylation sites (N-methyl/N-ethyl adjacent to an activating group) is 1. The molecule has 18 heavy (non-hydrogen) atoms. The van der Waals surface area contributed by atoms with Gasteiger partial charge in [-0.3, -0.25) is 4.99 Å². The molecule has 0 saturated heterocycles. The van der Waals surface area contributed by atoms with Crippen molar-refractivity contribution in [2.24, 2.45) is 4.99 Å². The molecule has 0 atom stereocenters. The number of hydrogen-bond donors (Lipinski definition) is 1. The zero-order chi connectivity index (χ0) is 12.5. The van der Waals surface area contributed by atoms with Gasteiger partial charge in [-0.2, -0.15) is 0 Å². The molecule has 96 valence electrons. The van der Waals surface area contributed by atoms with E-state index < -0.39 is 0 Å². The fourth-order valence-corrected chi connectivity index (χ4v) is 2.30. The monoisotopic (exact) mass is 247 g/mol. The Kier molecular flexibility index (Phi) is 2.94. The number of rotatable bonds is 3. The SMILES string of the molecule is CN1CCN=C1NCc1cc(C2CC2)ccc1F. The molecule has 0 spiro atoms. The van der Waals surface area contributed by atoms with Crippen LogP contribution in [-0.4, -0.2) is 31.0 Å². The van der Waals surface area contributed by atoms with Gasteiger partial charge in [-0.15, -0.1) is 0 Å². The molecule has 1 saturated carbocycles. The van der Waals surface area contributed by atoms with Gasteiger partial charge in [-0.25, -0.2) is 4.39 Å². The van der Waals surface area contributed by atoms with Crippen molar-refractivity contribution >= 4 is 5.96 Å². The summed E-state index contributed by atoms with van der Waals surface area (Å²) in [5.74, 6) is 1.40. The summed E-state index contributed by atoms with van der Waals surface area (Å²) in [6.45, 7) is 2.27. The van der Waals surface area contributed by atoms with Crippen molar-refractivity contribution in [3.8, 4) is 0 Å². The van der Waals surface area contributed by atoms with Crippen LogP contribution in [0.3, 0.4) is 0 Å². The maximum Gasteiger partial charge on any atom is 0.194 e. The van der Waals surface area contributed by atoms with Crippen LogP contribution in [0.1, 0.15) is 29.9 Å². The predicted molar refractivity (Wildman–Crippen MR) is 70.1 cm³/mol. The molecule has 3 rings (SSSR count). The lowest BCUT2D eigenvalue weighted by Gasteiger charge is -2.15. The molecule has 0 unspecified atom stereocenters. The third-order valence-electron chi connectivity index (χ3n) is 3.61. The maximum absolute atomic E-state index is 13.7. The summed E-state index contributed by atoms with van der Waals surface area (Å²) in [4.78, 5) is 6.40. The Morgan fingerprint density at radius 3 is 2.94 bits per heavy atom. The van der Waals surface area contributed by atoms with Crippen molar-refractivity contribution in [1.29, 1.82) is 0 Å². The summed E-state index contributed by atoms with van der Waals surface area (Å²) < 4.78 is 13.7. The second kappa shape index (κ2) is 4.59. The van der Waals surface area contributed by atoms with Crippen LogP contribution in [0.2, 0.25) is 0 Å². The van der Waals surface area contributed by atoms with E-state index >= 15 is 0 Å². The smallest absolute Gasteiger partial charge is 0.194 e. The molecule has 0 radical (unpaired) electrons. The Hall–Kier alpha value is -1.58. The minimum absolute atomic E-state index is 0.131. The van der Waals surface area contributed by atoms with Gasteiger partial charge in [-0.1, -0.05) is 12.1 Å². The zero-order valence-corrected chi connectivity index (χ0v) is 10.6. The zero-order valence-electron chi connectivity index (χ0n) is 10.6. The first-order chi connectivity index (χ1) is 8.74. The normalized spacial score (nSPS) is 19.0. The lowest BCUT2D eigenvalue weighted by molar-refractivity contribution is 0.530. The van der Waals surface area contributed by atoms with Gasteiger partial charge >= 0.3 is 0 Å². The van der Waals surface area contributed by atoms with Gasteiger partial charge in [-0.05, 0) is 30.4 Å². The van der Waals surface area contributed by atoms with E-state index in [2.05, 4.69) is 15.2 Å². The van der Waals surface area contributed by atoms with Crippen molar-refractivity contribution in [3.05, 3.63) is 35.1 Å². The fraction of sp³-hybridized carbons (Fsp3) is 0.500. The van der Waals surface area contributed by atoms with Crippen molar-refractivity contribution in [1.82, 2.24) is 10.2 Å². The highest BCUT2D eigenvalue weighted by atomic mass is 19.1. The van der Waals surface area contributed by atoms with Crippen LogP contribution in [-0.2, 0) is 6.54 Å². The molecule has 1 heterocycles. The van der Waals surface area contributed by atoms with Gasteiger partial charge in [0.2, 0.25) is 0 Å². The van der Waals surface area contributed by atoms with Crippen LogP contribution in [0, 0.1) is 5.82 Å². The number of hydrogen-bond acceptors (Lipinski definition) is 3. The van der Waals surface area contributed by atoms with E-state index in [-0.39, 0.29) is 5.82 Å². The minimum Gasteiger partial charge on any atom is -0.352 e. The number of aliphatic imine (C=N–C) groups is 1. The number of guanidine groups is 1. The molecule has 1 aromatic rings. The molecular weight excluding hydrogens is 229 g/mol. The lowest BCUT2D eigenvalue weighted by Crippen LogP contribution is -2.35. The Morgan fingerprint density at radius 2 is 2.28 bits per heavy atom. The number of nitrogens with one attached hydrogen (secondary N) is 1. The first kappa shape index (κ1) is 11.5. The molecule has 1 aromatic carbocycles. The van der Waals surface area contributed by atoms with Crippen LogP contribution < -0.4 is 5.32 Å². The van der Waals surface area contributed by atoms with Crippen molar-refractivity contribution < 1.29 is 4.39 Å². The van der Waals surface area contributed by atoms with Gasteiger partial charge in [0.05, 0.1) is 6.54 Å². The molecule has 3 nitrogen and oxygen atoms in total. The summed E-state index contributed by atoms with van der Waals surface area (Å²) in [6.07, 6.45) is 2.49. The molecular formula is C14H18FN3. The van der Waals surface area contributed by atoms with Gasteiger partial charge in [0, 0.05) is 25.7 Å². The first-order valence-electron chi connectivity index (χ1n) is 6.52. The maximum atomic E-state index is 13.7. The highest BCUT2D eigenvalue weighted by Crippen LogP contribution is 2.40. The van der Waals surface area contributed by atoms with Gasteiger partial charge < -0.3 is 10.2 Å². The second-order valence-electron chi connectivity index (χ2n) is 5.11. The molecule has 1 aliphatic carbocycles. The van der Waals surface area contributed by atoms with Gasteiger partial charge in [0.25, 0.3) is 0 Å². The van der Waals surface area contributed by atoms with Crippen LogP contribution in [0.25, 0.3) is 0 Å². The second-order valence-corrected chi connectivity index (χ2v) is 5.11. The lowest BCUT2D eigenvalue weighted by atomic mass is 10.1. The fourth-order valence-electron chi connectivity index (χ4n) is 2.30. The summed E-state index contributed by atoms with van der Waals surface area (Å²) in [5.41, 5.74) is 2.01. The molecule has 4 heteroatoms. The average molecular weight is 247 g/mol. The van der Waals surface area contributed by atoms with Crippen molar-refractivity contribution in [3.63, 3.8) is 0 Å². The first-order valence-corrected chi connectivity index (χ1v) is 6.52. The van der Waals surface area contributed by atoms with Gasteiger partial charge in [0.1, 0.15) is 5.82 Å². The molecule has 1 fully saturated rings. The van der Waals surface area contributed by atoms with E-state index in [1.165, 1.54) is 18.4 Å². The van der Waals surface area contributed by atoms with Crippen LogP contribution in [0.4, 0.5) is 4.39 Å². The van der Waals surface area contributed by atoms with Crippen molar-refractivity contribution in [2.45, 2.75) is 25.3 Å². The summed E-state index contributed by atoms with van der Waals surface area (Å²) in [5, 5.41) is 3.21. The molecule has 2 aliphatic rings. The molecule has 1 aliphatic heterocycles. The summed E-state index contributed by atoms with van der Waals surface area (Å²) in [6, 6.07) is 5.50. The number of nitrogens with zero attached hydrogens (tertiary/aromatic N) is 2. The number of benzene rings is 1. The van der Waals surface area contributed by atoms with Crippen molar-refractivity contribution in [2.75, 3.05) is 20.1 Å². The number of halogens is 1. The van der Waals surface area contributed by atoms with E-state index in [9.17, 15) is 4.39 Å². The van der Waals surface area contributed by atoms with Crippen LogP contribution in [0.15, 0.2) is 23.2 Å². The van der Waals surface area contributed by atoms with E-state index in [0.29, 0.717) is 12.5 Å². The molecule has 0 bridgehead atoms. The van der Waals surface area contributed by atoms with E-state index in [1.54, 1.807) is 6.07 Å². The standard InChI is InChI=1S/C14H18FN3/c1-18-7-6-16-14(18)17-9-12-8-11(10-2-3-10)4-5-13(12)15/h4-5,8,10H,2-3,6-7,9H2,1H3,(H,16,17). The third kappa shape index (κ3) is 2.33. The average Bonchev–Trinajstić information content (AvgIpc) is 3.13. The molecule has 0 amide bonds. The van der Waals surface area contributed by atoms with E-state index in [0.717, 1.165) is 24.6 Å². The summed E-state index contributed by atoms with van der Waals surface area (Å²) >= 11 is 0. The van der Waals surface area contributed by atoms with Crippen LogP contribution >= 0.6 is 0 Å². The van der Waals surface area contributed by atoms with E-state index in [4.69, 9.17) is 0 Å². The molecule has 1 N–H and O–H groups in total. The Balaban J connectivity index is 1.69. The largest absolute Gasteiger partial charge is 0.352 e. The van der Waals surface area contributed by atoms with Crippen LogP contribution in [0.5, 0.6) is 0 Å². The molecule has 0 aromatic heterocycles. The predicted octanol–water partition coefficient (Wildman–Crippen LogP) is 2.09. The van der Waals surface area contributed by atoms with Gasteiger partial charge in [0.15, 0.2) is 5.96 Å².